The minimum Gasteiger partial charge on any atom is -0.383 e. The number of nitrogen functional groups attached to an aromatic ring is 1. The maximum absolute atomic E-state index is 12.5. The summed E-state index contributed by atoms with van der Waals surface area (Å²) in [6.45, 7) is 8.19. The number of allylic oxidation sites excluding steroid dienone is 2. The van der Waals surface area contributed by atoms with E-state index in [1.807, 2.05) is 37.3 Å². The first-order chi connectivity index (χ1) is 16.4. The molecule has 2 aromatic carbocycles. The summed E-state index contributed by atoms with van der Waals surface area (Å²) in [5, 5.41) is 5.94. The highest BCUT2D eigenvalue weighted by molar-refractivity contribution is 5.97. The van der Waals surface area contributed by atoms with E-state index in [1.54, 1.807) is 25.4 Å². The molecule has 6 nitrogen and oxygen atoms in total. The SMILES string of the molecule is C=C(Cc1ccc2ccc(C)nc2c1)N=C/C=C(\C)C(=O)NCc1ccc2c(N)nccc2c1. The van der Waals surface area contributed by atoms with Crippen LogP contribution in [0.25, 0.3) is 21.7 Å². The summed E-state index contributed by atoms with van der Waals surface area (Å²) in [5.41, 5.74) is 11.2. The normalized spacial score (nSPS) is 11.9. The second-order valence-corrected chi connectivity index (χ2v) is 8.28. The third-order valence-electron chi connectivity index (χ3n) is 5.56. The Morgan fingerprint density at radius 2 is 1.88 bits per heavy atom. The summed E-state index contributed by atoms with van der Waals surface area (Å²) in [5.74, 6) is 0.350. The number of pyridine rings is 2. The van der Waals surface area contributed by atoms with Crippen LogP contribution in [-0.2, 0) is 17.8 Å². The van der Waals surface area contributed by atoms with Crippen LogP contribution < -0.4 is 11.1 Å². The summed E-state index contributed by atoms with van der Waals surface area (Å²) in [6, 6.07) is 18.0. The van der Waals surface area contributed by atoms with Gasteiger partial charge in [-0.25, -0.2) is 4.98 Å². The Bertz CT molecular complexity index is 1450. The molecule has 4 rings (SSSR count). The molecule has 0 aliphatic carbocycles. The van der Waals surface area contributed by atoms with Crippen LogP contribution >= 0.6 is 0 Å². The third-order valence-corrected chi connectivity index (χ3v) is 5.56. The number of carbonyl (C=O) groups is 1. The number of rotatable bonds is 7. The zero-order valence-electron chi connectivity index (χ0n) is 19.4. The van der Waals surface area contributed by atoms with Gasteiger partial charge in [-0.15, -0.1) is 0 Å². The lowest BCUT2D eigenvalue weighted by Crippen LogP contribution is -2.23. The van der Waals surface area contributed by atoms with Gasteiger partial charge in [-0.2, -0.15) is 0 Å². The summed E-state index contributed by atoms with van der Waals surface area (Å²) in [4.78, 5) is 25.5. The van der Waals surface area contributed by atoms with Crippen molar-refractivity contribution < 1.29 is 4.79 Å². The topological polar surface area (TPSA) is 93.3 Å². The van der Waals surface area contributed by atoms with Crippen LogP contribution in [0.4, 0.5) is 5.82 Å². The Kier molecular flexibility index (Phi) is 6.78. The Morgan fingerprint density at radius 3 is 2.74 bits per heavy atom. The molecular weight excluding hydrogens is 422 g/mol. The molecule has 3 N–H and O–H groups in total. The number of aliphatic imine (C=N–C) groups is 1. The Labute approximate surface area is 199 Å². The summed E-state index contributed by atoms with van der Waals surface area (Å²) < 4.78 is 0. The fourth-order valence-corrected chi connectivity index (χ4v) is 3.67. The summed E-state index contributed by atoms with van der Waals surface area (Å²) >= 11 is 0. The average Bonchev–Trinajstić information content (AvgIpc) is 2.82. The lowest BCUT2D eigenvalue weighted by atomic mass is 10.1. The fraction of sp³-hybridized carbons (Fsp3) is 0.143. The largest absolute Gasteiger partial charge is 0.383 e. The number of hydrogen-bond acceptors (Lipinski definition) is 5. The van der Waals surface area contributed by atoms with E-state index in [0.29, 0.717) is 30.1 Å². The lowest BCUT2D eigenvalue weighted by molar-refractivity contribution is -0.117. The smallest absolute Gasteiger partial charge is 0.247 e. The van der Waals surface area contributed by atoms with Gasteiger partial charge in [0.2, 0.25) is 5.91 Å². The van der Waals surface area contributed by atoms with Gasteiger partial charge < -0.3 is 11.1 Å². The molecule has 6 heteroatoms. The molecule has 0 radical (unpaired) electrons. The molecule has 2 heterocycles. The van der Waals surface area contributed by atoms with Crippen molar-refractivity contribution in [2.75, 3.05) is 5.73 Å². The van der Waals surface area contributed by atoms with E-state index in [9.17, 15) is 4.79 Å². The van der Waals surface area contributed by atoms with Crippen molar-refractivity contribution in [3.05, 3.63) is 102 Å². The monoisotopic (exact) mass is 449 g/mol. The molecule has 0 aliphatic heterocycles. The molecule has 4 aromatic rings. The van der Waals surface area contributed by atoms with Crippen molar-refractivity contribution in [1.82, 2.24) is 15.3 Å². The van der Waals surface area contributed by atoms with E-state index in [4.69, 9.17) is 5.73 Å². The molecule has 1 amide bonds. The maximum Gasteiger partial charge on any atom is 0.247 e. The highest BCUT2D eigenvalue weighted by Gasteiger charge is 2.05. The molecule has 34 heavy (non-hydrogen) atoms. The van der Waals surface area contributed by atoms with Crippen LogP contribution in [0.1, 0.15) is 23.7 Å². The first-order valence-corrected chi connectivity index (χ1v) is 11.1. The molecule has 0 aliphatic rings. The second-order valence-electron chi connectivity index (χ2n) is 8.28. The van der Waals surface area contributed by atoms with Crippen LogP contribution in [0.2, 0.25) is 0 Å². The molecule has 0 bridgehead atoms. The highest BCUT2D eigenvalue weighted by Crippen LogP contribution is 2.20. The number of amides is 1. The van der Waals surface area contributed by atoms with Crippen molar-refractivity contribution in [3.8, 4) is 0 Å². The van der Waals surface area contributed by atoms with Crippen molar-refractivity contribution in [2.24, 2.45) is 4.99 Å². The van der Waals surface area contributed by atoms with Crippen molar-refractivity contribution in [2.45, 2.75) is 26.8 Å². The number of aryl methyl sites for hydroxylation is 1. The van der Waals surface area contributed by atoms with Crippen molar-refractivity contribution in [3.63, 3.8) is 0 Å². The molecular formula is C28H27N5O. The maximum atomic E-state index is 12.5. The van der Waals surface area contributed by atoms with Crippen LogP contribution in [-0.4, -0.2) is 22.1 Å². The molecule has 0 unspecified atom stereocenters. The van der Waals surface area contributed by atoms with Crippen molar-refractivity contribution >= 4 is 39.6 Å². The zero-order chi connectivity index (χ0) is 24.1. The van der Waals surface area contributed by atoms with Crippen LogP contribution in [0.3, 0.4) is 0 Å². The van der Waals surface area contributed by atoms with E-state index in [-0.39, 0.29) is 5.91 Å². The Hall–Kier alpha value is -4.32. The molecule has 0 saturated carbocycles. The Balaban J connectivity index is 1.32. The number of nitrogens with one attached hydrogen (secondary N) is 1. The Morgan fingerprint density at radius 1 is 1.09 bits per heavy atom. The molecule has 2 aromatic heterocycles. The number of aromatic nitrogens is 2. The molecule has 0 fully saturated rings. The molecule has 0 saturated heterocycles. The van der Waals surface area contributed by atoms with Gasteiger partial charge in [0.25, 0.3) is 0 Å². The van der Waals surface area contributed by atoms with Gasteiger partial charge in [-0.3, -0.25) is 14.8 Å². The van der Waals surface area contributed by atoms with Gasteiger partial charge in [-0.1, -0.05) is 36.9 Å². The predicted molar refractivity (Wildman–Crippen MR) is 140 cm³/mol. The predicted octanol–water partition coefficient (Wildman–Crippen LogP) is 5.06. The highest BCUT2D eigenvalue weighted by atomic mass is 16.1. The van der Waals surface area contributed by atoms with Gasteiger partial charge in [0.1, 0.15) is 5.82 Å². The molecule has 0 spiro atoms. The molecule has 170 valence electrons. The number of hydrogen-bond donors (Lipinski definition) is 2. The van der Waals surface area contributed by atoms with Gasteiger partial charge in [0, 0.05) is 53.1 Å². The number of benzene rings is 2. The third kappa shape index (κ3) is 5.53. The minimum atomic E-state index is -0.151. The number of nitrogens with zero attached hydrogens (tertiary/aromatic N) is 3. The minimum absolute atomic E-state index is 0.151. The lowest BCUT2D eigenvalue weighted by Gasteiger charge is -2.07. The average molecular weight is 450 g/mol. The summed E-state index contributed by atoms with van der Waals surface area (Å²) in [7, 11) is 0. The fourth-order valence-electron chi connectivity index (χ4n) is 3.67. The first-order valence-electron chi connectivity index (χ1n) is 11.1. The van der Waals surface area contributed by atoms with E-state index in [0.717, 1.165) is 38.5 Å². The number of anilines is 1. The van der Waals surface area contributed by atoms with Gasteiger partial charge in [0.15, 0.2) is 0 Å². The van der Waals surface area contributed by atoms with Crippen LogP contribution in [0, 0.1) is 6.92 Å². The van der Waals surface area contributed by atoms with E-state index >= 15 is 0 Å². The van der Waals surface area contributed by atoms with Crippen molar-refractivity contribution in [1.29, 1.82) is 0 Å². The van der Waals surface area contributed by atoms with E-state index < -0.39 is 0 Å². The summed E-state index contributed by atoms with van der Waals surface area (Å²) in [6.07, 6.45) is 5.60. The van der Waals surface area contributed by atoms with Gasteiger partial charge in [0.05, 0.1) is 5.52 Å². The zero-order valence-corrected chi connectivity index (χ0v) is 19.4. The van der Waals surface area contributed by atoms with E-state index in [1.165, 1.54) is 0 Å². The van der Waals surface area contributed by atoms with Gasteiger partial charge in [-0.05, 0) is 60.7 Å². The molecule has 0 atom stereocenters. The van der Waals surface area contributed by atoms with Crippen LogP contribution in [0.5, 0.6) is 0 Å². The van der Waals surface area contributed by atoms with E-state index in [2.05, 4.69) is 51.1 Å². The quantitative estimate of drug-likeness (QED) is 0.304. The van der Waals surface area contributed by atoms with Crippen LogP contribution in [0.15, 0.2) is 89.7 Å². The number of nitrogens with two attached hydrogens (primary N) is 1. The first kappa shape index (κ1) is 22.9. The number of fused-ring (bicyclic) bond motifs is 2. The van der Waals surface area contributed by atoms with Gasteiger partial charge >= 0.3 is 0 Å². The number of carbonyl (C=O) groups excluding carboxylic acids is 1. The second kappa shape index (κ2) is 10.1. The standard InChI is InChI=1S/C28H27N5O/c1-18(28(34)32-17-22-6-9-25-24(15-22)11-13-31-27(25)29)10-12-30-20(3)14-21-5-8-23-7-4-19(2)33-26(23)16-21/h4-13,15-16H,3,14,17H2,1-2H3,(H2,29,31)(H,32,34)/b18-10+,30-12?.